The highest BCUT2D eigenvalue weighted by Gasteiger charge is 2.22. The number of anilines is 1. The minimum absolute atomic E-state index is 0.221. The van der Waals surface area contributed by atoms with Crippen LogP contribution < -0.4 is 10.1 Å². The van der Waals surface area contributed by atoms with Crippen LogP contribution in [0.4, 0.5) is 5.69 Å². The lowest BCUT2D eigenvalue weighted by atomic mass is 10.0. The maximum atomic E-state index is 9.52. The highest BCUT2D eigenvalue weighted by molar-refractivity contribution is 5.60. The third-order valence-corrected chi connectivity index (χ3v) is 3.34. The minimum Gasteiger partial charge on any atom is -0.508 e. The third kappa shape index (κ3) is 1.88. The Labute approximate surface area is 106 Å². The Morgan fingerprint density at radius 3 is 2.89 bits per heavy atom. The van der Waals surface area contributed by atoms with Crippen molar-refractivity contribution in [3.8, 4) is 11.5 Å². The topological polar surface area (TPSA) is 41.5 Å². The predicted molar refractivity (Wildman–Crippen MR) is 71.2 cm³/mol. The molecule has 2 N–H and O–H groups in total. The van der Waals surface area contributed by atoms with Gasteiger partial charge >= 0.3 is 0 Å². The number of phenols is 1. The molecule has 0 saturated carbocycles. The number of hydrogen-bond acceptors (Lipinski definition) is 3. The van der Waals surface area contributed by atoms with Gasteiger partial charge in [-0.05, 0) is 47.9 Å². The van der Waals surface area contributed by atoms with Gasteiger partial charge in [-0.2, -0.15) is 0 Å². The predicted octanol–water partition coefficient (Wildman–Crippen LogP) is 3.11. The van der Waals surface area contributed by atoms with Crippen molar-refractivity contribution < 1.29 is 9.84 Å². The molecule has 1 aliphatic rings. The molecule has 0 radical (unpaired) electrons. The van der Waals surface area contributed by atoms with Crippen LogP contribution >= 0.6 is 0 Å². The molecule has 92 valence electrons. The Hall–Kier alpha value is -2.16. The monoisotopic (exact) mass is 241 g/mol. The lowest BCUT2D eigenvalue weighted by Gasteiger charge is -2.11. The zero-order valence-electron chi connectivity index (χ0n) is 10.2. The van der Waals surface area contributed by atoms with Gasteiger partial charge in [-0.1, -0.05) is 12.1 Å². The SMILES string of the molecule is COc1ccc2c(c1)CC(c1cccc(O)c1)N2. The maximum absolute atomic E-state index is 9.52. The number of fused-ring (bicyclic) bond motifs is 1. The summed E-state index contributed by atoms with van der Waals surface area (Å²) in [6.07, 6.45) is 0.913. The summed E-state index contributed by atoms with van der Waals surface area (Å²) in [4.78, 5) is 0. The minimum atomic E-state index is 0.221. The van der Waals surface area contributed by atoms with Crippen molar-refractivity contribution in [2.45, 2.75) is 12.5 Å². The van der Waals surface area contributed by atoms with Gasteiger partial charge in [0.05, 0.1) is 13.2 Å². The summed E-state index contributed by atoms with van der Waals surface area (Å²) in [7, 11) is 1.68. The van der Waals surface area contributed by atoms with Crippen LogP contribution in [0.25, 0.3) is 0 Å². The molecular formula is C15H15NO2. The normalized spacial score (nSPS) is 17.1. The van der Waals surface area contributed by atoms with Crippen LogP contribution in [0.3, 0.4) is 0 Å². The van der Waals surface area contributed by atoms with E-state index in [-0.39, 0.29) is 6.04 Å². The molecule has 3 nitrogen and oxygen atoms in total. The first kappa shape index (κ1) is 11.0. The average molecular weight is 241 g/mol. The quantitative estimate of drug-likeness (QED) is 0.848. The van der Waals surface area contributed by atoms with Crippen LogP contribution in [0.15, 0.2) is 42.5 Å². The first-order valence-corrected chi connectivity index (χ1v) is 5.98. The van der Waals surface area contributed by atoms with E-state index in [2.05, 4.69) is 11.4 Å². The average Bonchev–Trinajstić information content (AvgIpc) is 2.81. The molecule has 18 heavy (non-hydrogen) atoms. The van der Waals surface area contributed by atoms with Gasteiger partial charge in [0.15, 0.2) is 0 Å². The fraction of sp³-hybridized carbons (Fsp3) is 0.200. The van der Waals surface area contributed by atoms with Crippen LogP contribution in [-0.4, -0.2) is 12.2 Å². The summed E-state index contributed by atoms with van der Waals surface area (Å²) >= 11 is 0. The summed E-state index contributed by atoms with van der Waals surface area (Å²) in [6, 6.07) is 13.7. The first-order chi connectivity index (χ1) is 8.76. The van der Waals surface area contributed by atoms with Crippen LogP contribution in [0.2, 0.25) is 0 Å². The van der Waals surface area contributed by atoms with E-state index in [4.69, 9.17) is 4.74 Å². The Bertz CT molecular complexity index is 580. The summed E-state index contributed by atoms with van der Waals surface area (Å²) < 4.78 is 5.23. The van der Waals surface area contributed by atoms with E-state index < -0.39 is 0 Å². The van der Waals surface area contributed by atoms with Gasteiger partial charge in [0.1, 0.15) is 11.5 Å². The van der Waals surface area contributed by atoms with Gasteiger partial charge in [-0.25, -0.2) is 0 Å². The van der Waals surface area contributed by atoms with Crippen molar-refractivity contribution in [2.24, 2.45) is 0 Å². The highest BCUT2D eigenvalue weighted by atomic mass is 16.5. The second kappa shape index (κ2) is 4.26. The molecule has 1 aliphatic heterocycles. The van der Waals surface area contributed by atoms with Crippen molar-refractivity contribution in [1.29, 1.82) is 0 Å². The van der Waals surface area contributed by atoms with Gasteiger partial charge in [0.2, 0.25) is 0 Å². The third-order valence-electron chi connectivity index (χ3n) is 3.34. The number of benzene rings is 2. The summed E-state index contributed by atoms with van der Waals surface area (Å²) in [5.41, 5.74) is 3.50. The maximum Gasteiger partial charge on any atom is 0.119 e. The molecule has 1 unspecified atom stereocenters. The van der Waals surface area contributed by atoms with Crippen molar-refractivity contribution in [2.75, 3.05) is 12.4 Å². The van der Waals surface area contributed by atoms with Crippen molar-refractivity contribution >= 4 is 5.69 Å². The summed E-state index contributed by atoms with van der Waals surface area (Å²) in [5, 5.41) is 13.0. The molecular weight excluding hydrogens is 226 g/mol. The van der Waals surface area contributed by atoms with Crippen molar-refractivity contribution in [3.63, 3.8) is 0 Å². The summed E-state index contributed by atoms with van der Waals surface area (Å²) in [6.45, 7) is 0. The Morgan fingerprint density at radius 2 is 2.11 bits per heavy atom. The van der Waals surface area contributed by atoms with E-state index >= 15 is 0 Å². The van der Waals surface area contributed by atoms with E-state index in [0.717, 1.165) is 23.4 Å². The molecule has 0 saturated heterocycles. The molecule has 0 spiro atoms. The molecule has 1 atom stereocenters. The molecule has 0 amide bonds. The lowest BCUT2D eigenvalue weighted by molar-refractivity contribution is 0.414. The standard InChI is InChI=1S/C15H15NO2/c1-18-13-5-6-14-11(8-13)9-15(16-14)10-3-2-4-12(17)7-10/h2-8,15-17H,9H2,1H3. The number of aromatic hydroxyl groups is 1. The zero-order chi connectivity index (χ0) is 12.5. The van der Waals surface area contributed by atoms with Crippen LogP contribution in [0, 0.1) is 0 Å². The Morgan fingerprint density at radius 1 is 1.22 bits per heavy atom. The van der Waals surface area contributed by atoms with Crippen LogP contribution in [0.5, 0.6) is 11.5 Å². The molecule has 0 aromatic heterocycles. The Balaban J connectivity index is 1.88. The van der Waals surface area contributed by atoms with Crippen molar-refractivity contribution in [3.05, 3.63) is 53.6 Å². The molecule has 0 fully saturated rings. The van der Waals surface area contributed by atoms with E-state index in [1.807, 2.05) is 24.3 Å². The van der Waals surface area contributed by atoms with E-state index in [1.165, 1.54) is 5.56 Å². The number of rotatable bonds is 2. The molecule has 1 heterocycles. The number of nitrogens with one attached hydrogen (secondary N) is 1. The molecule has 0 bridgehead atoms. The fourth-order valence-corrected chi connectivity index (χ4v) is 2.41. The van der Waals surface area contributed by atoms with Gasteiger partial charge in [-0.15, -0.1) is 0 Å². The van der Waals surface area contributed by atoms with Gasteiger partial charge in [0.25, 0.3) is 0 Å². The van der Waals surface area contributed by atoms with E-state index in [0.29, 0.717) is 5.75 Å². The second-order valence-corrected chi connectivity index (χ2v) is 4.52. The van der Waals surface area contributed by atoms with E-state index in [1.54, 1.807) is 19.2 Å². The molecule has 3 heteroatoms. The molecule has 0 aliphatic carbocycles. The molecule has 2 aromatic rings. The second-order valence-electron chi connectivity index (χ2n) is 4.52. The van der Waals surface area contributed by atoms with E-state index in [9.17, 15) is 5.11 Å². The van der Waals surface area contributed by atoms with Crippen LogP contribution in [0.1, 0.15) is 17.2 Å². The molecule has 3 rings (SSSR count). The highest BCUT2D eigenvalue weighted by Crippen LogP contribution is 2.36. The number of hydrogen-bond donors (Lipinski definition) is 2. The number of methoxy groups -OCH3 is 1. The van der Waals surface area contributed by atoms with Gasteiger partial charge in [0, 0.05) is 5.69 Å². The van der Waals surface area contributed by atoms with Gasteiger partial charge in [-0.3, -0.25) is 0 Å². The fourth-order valence-electron chi connectivity index (χ4n) is 2.41. The molecule has 2 aromatic carbocycles. The zero-order valence-corrected chi connectivity index (χ0v) is 10.2. The van der Waals surface area contributed by atoms with Crippen molar-refractivity contribution in [1.82, 2.24) is 0 Å². The lowest BCUT2D eigenvalue weighted by Crippen LogP contribution is -2.05. The number of ether oxygens (including phenoxy) is 1. The van der Waals surface area contributed by atoms with Crippen LogP contribution in [-0.2, 0) is 6.42 Å². The number of phenolic OH excluding ortho intramolecular Hbond substituents is 1. The largest absolute Gasteiger partial charge is 0.508 e. The smallest absolute Gasteiger partial charge is 0.119 e. The Kier molecular flexibility index (Phi) is 2.59. The summed E-state index contributed by atoms with van der Waals surface area (Å²) in [5.74, 6) is 1.19. The first-order valence-electron chi connectivity index (χ1n) is 5.98. The van der Waals surface area contributed by atoms with Gasteiger partial charge < -0.3 is 15.2 Å².